The molecule has 0 atom stereocenters. The summed E-state index contributed by atoms with van der Waals surface area (Å²) < 4.78 is 5.66. The van der Waals surface area contributed by atoms with Crippen LogP contribution in [-0.4, -0.2) is 7.11 Å². The normalized spacial score (nSPS) is 11.4. The van der Waals surface area contributed by atoms with E-state index in [1.54, 1.807) is 7.11 Å². The van der Waals surface area contributed by atoms with Gasteiger partial charge >= 0.3 is 0 Å². The van der Waals surface area contributed by atoms with Crippen LogP contribution < -0.4 is 4.74 Å². The van der Waals surface area contributed by atoms with Crippen LogP contribution >= 0.6 is 0 Å². The SMILES string of the molecule is C=C(CC)c1cc(CC)cc(C(C)(C)C)c1OC. The number of hydrogen-bond donors (Lipinski definition) is 0. The van der Waals surface area contributed by atoms with Gasteiger partial charge < -0.3 is 4.74 Å². The Labute approximate surface area is 112 Å². The molecule has 0 aliphatic heterocycles. The second-order valence-electron chi connectivity index (χ2n) is 5.78. The fraction of sp³-hybridized carbons (Fsp3) is 0.529. The second kappa shape index (κ2) is 5.60. The highest BCUT2D eigenvalue weighted by Gasteiger charge is 2.22. The Kier molecular flexibility index (Phi) is 4.61. The molecule has 0 spiro atoms. The van der Waals surface area contributed by atoms with E-state index in [-0.39, 0.29) is 5.41 Å². The summed E-state index contributed by atoms with van der Waals surface area (Å²) >= 11 is 0. The minimum Gasteiger partial charge on any atom is -0.496 e. The lowest BCUT2D eigenvalue weighted by Crippen LogP contribution is -2.14. The van der Waals surface area contributed by atoms with E-state index in [2.05, 4.69) is 53.3 Å². The first-order valence-electron chi connectivity index (χ1n) is 6.74. The fourth-order valence-corrected chi connectivity index (χ4v) is 2.12. The third-order valence-electron chi connectivity index (χ3n) is 3.38. The summed E-state index contributed by atoms with van der Waals surface area (Å²) in [5, 5.41) is 0. The molecular formula is C17H26O. The molecular weight excluding hydrogens is 220 g/mol. The molecule has 0 heterocycles. The molecule has 0 aliphatic carbocycles. The number of ether oxygens (including phenoxy) is 1. The van der Waals surface area contributed by atoms with Gasteiger partial charge in [-0.1, -0.05) is 47.3 Å². The summed E-state index contributed by atoms with van der Waals surface area (Å²) in [6.07, 6.45) is 1.99. The van der Waals surface area contributed by atoms with Crippen molar-refractivity contribution in [3.05, 3.63) is 35.4 Å². The van der Waals surface area contributed by atoms with E-state index in [4.69, 9.17) is 4.74 Å². The van der Waals surface area contributed by atoms with Crippen molar-refractivity contribution in [3.8, 4) is 5.75 Å². The number of allylic oxidation sites excluding steroid dienone is 1. The fourth-order valence-electron chi connectivity index (χ4n) is 2.12. The van der Waals surface area contributed by atoms with Crippen LogP contribution in [-0.2, 0) is 11.8 Å². The van der Waals surface area contributed by atoms with Gasteiger partial charge in [-0.25, -0.2) is 0 Å². The van der Waals surface area contributed by atoms with Crippen molar-refractivity contribution >= 4 is 5.57 Å². The lowest BCUT2D eigenvalue weighted by atomic mass is 9.82. The predicted octanol–water partition coefficient (Wildman–Crippen LogP) is 4.98. The quantitative estimate of drug-likeness (QED) is 0.728. The molecule has 0 radical (unpaired) electrons. The Hall–Kier alpha value is -1.24. The zero-order valence-electron chi connectivity index (χ0n) is 12.7. The zero-order chi connectivity index (χ0) is 13.9. The predicted molar refractivity (Wildman–Crippen MR) is 80.4 cm³/mol. The van der Waals surface area contributed by atoms with Crippen molar-refractivity contribution in [2.75, 3.05) is 7.11 Å². The van der Waals surface area contributed by atoms with Crippen LogP contribution in [0.5, 0.6) is 5.75 Å². The molecule has 0 aliphatic rings. The molecule has 1 nitrogen and oxygen atoms in total. The highest BCUT2D eigenvalue weighted by atomic mass is 16.5. The maximum atomic E-state index is 5.66. The van der Waals surface area contributed by atoms with Gasteiger partial charge in [0.2, 0.25) is 0 Å². The van der Waals surface area contributed by atoms with Crippen LogP contribution in [0.3, 0.4) is 0 Å². The van der Waals surface area contributed by atoms with E-state index in [0.29, 0.717) is 0 Å². The number of benzene rings is 1. The first-order valence-corrected chi connectivity index (χ1v) is 6.74. The highest BCUT2D eigenvalue weighted by Crippen LogP contribution is 2.38. The summed E-state index contributed by atoms with van der Waals surface area (Å²) in [6.45, 7) is 15.2. The van der Waals surface area contributed by atoms with Crippen molar-refractivity contribution in [1.29, 1.82) is 0 Å². The first-order chi connectivity index (χ1) is 8.35. The van der Waals surface area contributed by atoms with Crippen LogP contribution in [0.2, 0.25) is 0 Å². The third kappa shape index (κ3) is 2.95. The van der Waals surface area contributed by atoms with E-state index in [1.165, 1.54) is 16.7 Å². The Morgan fingerprint density at radius 1 is 1.22 bits per heavy atom. The van der Waals surface area contributed by atoms with Crippen molar-refractivity contribution in [2.24, 2.45) is 0 Å². The topological polar surface area (TPSA) is 9.23 Å². The minimum atomic E-state index is 0.0826. The smallest absolute Gasteiger partial charge is 0.130 e. The molecule has 0 N–H and O–H groups in total. The monoisotopic (exact) mass is 246 g/mol. The summed E-state index contributed by atoms with van der Waals surface area (Å²) in [4.78, 5) is 0. The van der Waals surface area contributed by atoms with E-state index in [0.717, 1.165) is 24.2 Å². The highest BCUT2D eigenvalue weighted by molar-refractivity contribution is 5.71. The molecule has 0 aromatic heterocycles. The molecule has 0 amide bonds. The summed E-state index contributed by atoms with van der Waals surface area (Å²) in [5.74, 6) is 0.992. The van der Waals surface area contributed by atoms with Gasteiger partial charge in [-0.05, 0) is 35.5 Å². The summed E-state index contributed by atoms with van der Waals surface area (Å²) in [5.41, 5.74) is 5.02. The molecule has 1 heteroatoms. The molecule has 0 unspecified atom stereocenters. The lowest BCUT2D eigenvalue weighted by molar-refractivity contribution is 0.396. The average molecular weight is 246 g/mol. The summed E-state index contributed by atoms with van der Waals surface area (Å²) in [7, 11) is 1.75. The molecule has 100 valence electrons. The van der Waals surface area contributed by atoms with Gasteiger partial charge in [-0.2, -0.15) is 0 Å². The maximum Gasteiger partial charge on any atom is 0.130 e. The molecule has 0 saturated heterocycles. The van der Waals surface area contributed by atoms with Crippen LogP contribution in [0.25, 0.3) is 5.57 Å². The van der Waals surface area contributed by atoms with Crippen LogP contribution in [0.15, 0.2) is 18.7 Å². The third-order valence-corrected chi connectivity index (χ3v) is 3.38. The van der Waals surface area contributed by atoms with Gasteiger partial charge in [-0.3, -0.25) is 0 Å². The van der Waals surface area contributed by atoms with Gasteiger partial charge in [-0.15, -0.1) is 0 Å². The van der Waals surface area contributed by atoms with Gasteiger partial charge in [0.1, 0.15) is 5.75 Å². The van der Waals surface area contributed by atoms with E-state index in [9.17, 15) is 0 Å². The van der Waals surface area contributed by atoms with Crippen molar-refractivity contribution in [3.63, 3.8) is 0 Å². The first kappa shape index (κ1) is 14.8. The molecule has 1 aromatic rings. The molecule has 0 saturated carbocycles. The van der Waals surface area contributed by atoms with E-state index >= 15 is 0 Å². The Morgan fingerprint density at radius 3 is 2.22 bits per heavy atom. The molecule has 1 aromatic carbocycles. The maximum absolute atomic E-state index is 5.66. The standard InChI is InChI=1S/C17H26O/c1-8-12(3)14-10-13(9-2)11-15(16(14)18-7)17(4,5)6/h10-11H,3,8-9H2,1-2,4-7H3. The van der Waals surface area contributed by atoms with Crippen LogP contribution in [0.4, 0.5) is 0 Å². The molecule has 0 bridgehead atoms. The van der Waals surface area contributed by atoms with E-state index in [1.807, 2.05) is 0 Å². The van der Waals surface area contributed by atoms with Crippen LogP contribution in [0.1, 0.15) is 57.7 Å². The number of aryl methyl sites for hydroxylation is 1. The van der Waals surface area contributed by atoms with Gasteiger partial charge in [0.25, 0.3) is 0 Å². The Bertz CT molecular complexity index is 436. The minimum absolute atomic E-state index is 0.0826. The van der Waals surface area contributed by atoms with Crippen LogP contribution in [0, 0.1) is 0 Å². The van der Waals surface area contributed by atoms with E-state index < -0.39 is 0 Å². The number of methoxy groups -OCH3 is 1. The zero-order valence-corrected chi connectivity index (χ0v) is 12.7. The Morgan fingerprint density at radius 2 is 1.83 bits per heavy atom. The molecule has 1 rings (SSSR count). The molecule has 0 fully saturated rings. The van der Waals surface area contributed by atoms with Gasteiger partial charge in [0.15, 0.2) is 0 Å². The number of hydrogen-bond acceptors (Lipinski definition) is 1. The summed E-state index contributed by atoms with van der Waals surface area (Å²) in [6, 6.07) is 4.49. The molecule has 18 heavy (non-hydrogen) atoms. The number of rotatable bonds is 4. The van der Waals surface area contributed by atoms with Crippen molar-refractivity contribution in [1.82, 2.24) is 0 Å². The largest absolute Gasteiger partial charge is 0.496 e. The Balaban J connectivity index is 3.55. The average Bonchev–Trinajstić information content (AvgIpc) is 2.34. The van der Waals surface area contributed by atoms with Crippen molar-refractivity contribution < 1.29 is 4.74 Å². The van der Waals surface area contributed by atoms with Gasteiger partial charge in [0, 0.05) is 11.1 Å². The second-order valence-corrected chi connectivity index (χ2v) is 5.78. The van der Waals surface area contributed by atoms with Crippen molar-refractivity contribution in [2.45, 2.75) is 52.9 Å². The van der Waals surface area contributed by atoms with Gasteiger partial charge in [0.05, 0.1) is 7.11 Å². The lowest BCUT2D eigenvalue weighted by Gasteiger charge is -2.25.